The lowest BCUT2D eigenvalue weighted by Crippen LogP contribution is -2.31. The van der Waals surface area contributed by atoms with Crippen molar-refractivity contribution in [1.82, 2.24) is 15.0 Å². The lowest BCUT2D eigenvalue weighted by atomic mass is 10.0. The van der Waals surface area contributed by atoms with Crippen molar-refractivity contribution in [3.63, 3.8) is 0 Å². The lowest BCUT2D eigenvalue weighted by molar-refractivity contribution is 0.568. The third-order valence-corrected chi connectivity index (χ3v) is 4.13. The summed E-state index contributed by atoms with van der Waals surface area (Å²) in [7, 11) is 0. The van der Waals surface area contributed by atoms with Gasteiger partial charge in [0, 0.05) is 18.7 Å². The summed E-state index contributed by atoms with van der Waals surface area (Å²) in [5.41, 5.74) is 9.35. The maximum Gasteiger partial charge on any atom is 0.230 e. The summed E-state index contributed by atoms with van der Waals surface area (Å²) in [6.07, 6.45) is 3.65. The summed E-state index contributed by atoms with van der Waals surface area (Å²) in [5, 5.41) is 0. The zero-order chi connectivity index (χ0) is 14.8. The van der Waals surface area contributed by atoms with E-state index in [-0.39, 0.29) is 0 Å². The summed E-state index contributed by atoms with van der Waals surface area (Å²) in [6.45, 7) is 6.17. The Hall–Kier alpha value is -2.17. The zero-order valence-corrected chi connectivity index (χ0v) is 12.6. The molecule has 2 heterocycles. The number of hydrogen-bond acceptors (Lipinski definition) is 5. The molecule has 0 bridgehead atoms. The van der Waals surface area contributed by atoms with Crippen LogP contribution in [0, 0.1) is 13.8 Å². The Kier molecular flexibility index (Phi) is 3.73. The highest BCUT2D eigenvalue weighted by atomic mass is 15.3. The van der Waals surface area contributed by atoms with Gasteiger partial charge in [0.15, 0.2) is 5.82 Å². The summed E-state index contributed by atoms with van der Waals surface area (Å²) >= 11 is 0. The van der Waals surface area contributed by atoms with Crippen molar-refractivity contribution in [2.24, 2.45) is 0 Å². The highest BCUT2D eigenvalue weighted by molar-refractivity contribution is 5.63. The number of benzene rings is 1. The fourth-order valence-corrected chi connectivity index (χ4v) is 2.73. The van der Waals surface area contributed by atoms with E-state index < -0.39 is 0 Å². The number of anilines is 2. The molecule has 2 aromatic rings. The van der Waals surface area contributed by atoms with Crippen molar-refractivity contribution < 1.29 is 0 Å². The monoisotopic (exact) mass is 283 g/mol. The molecule has 21 heavy (non-hydrogen) atoms. The van der Waals surface area contributed by atoms with Gasteiger partial charge < -0.3 is 10.6 Å². The topological polar surface area (TPSA) is 67.9 Å². The van der Waals surface area contributed by atoms with Crippen LogP contribution < -0.4 is 10.6 Å². The molecule has 1 fully saturated rings. The highest BCUT2D eigenvalue weighted by Crippen LogP contribution is 2.25. The maximum atomic E-state index is 5.90. The molecule has 2 N–H and O–H groups in total. The van der Waals surface area contributed by atoms with Crippen LogP contribution in [-0.4, -0.2) is 28.0 Å². The molecule has 1 saturated heterocycles. The van der Waals surface area contributed by atoms with Crippen LogP contribution in [-0.2, 0) is 0 Å². The molecular formula is C16H21N5. The minimum absolute atomic E-state index is 0.293. The van der Waals surface area contributed by atoms with E-state index in [1.807, 2.05) is 12.1 Å². The van der Waals surface area contributed by atoms with E-state index in [4.69, 9.17) is 5.73 Å². The van der Waals surface area contributed by atoms with Gasteiger partial charge in [0.05, 0.1) is 0 Å². The molecule has 1 aliphatic rings. The molecule has 3 rings (SSSR count). The number of nitrogens with two attached hydrogens (primary N) is 1. The van der Waals surface area contributed by atoms with Crippen LogP contribution in [0.2, 0.25) is 0 Å². The number of piperidine rings is 1. The van der Waals surface area contributed by atoms with Crippen LogP contribution in [0.5, 0.6) is 0 Å². The van der Waals surface area contributed by atoms with E-state index >= 15 is 0 Å². The van der Waals surface area contributed by atoms with E-state index in [2.05, 4.69) is 39.8 Å². The molecule has 1 aromatic heterocycles. The molecule has 0 amide bonds. The van der Waals surface area contributed by atoms with Gasteiger partial charge in [0.1, 0.15) is 0 Å². The average molecular weight is 283 g/mol. The van der Waals surface area contributed by atoms with Crippen molar-refractivity contribution in [2.45, 2.75) is 33.1 Å². The summed E-state index contributed by atoms with van der Waals surface area (Å²) in [5.74, 6) is 1.67. The van der Waals surface area contributed by atoms with E-state index in [1.165, 1.54) is 30.4 Å². The molecule has 1 aromatic carbocycles. The summed E-state index contributed by atoms with van der Waals surface area (Å²) < 4.78 is 0. The Morgan fingerprint density at radius 2 is 1.76 bits per heavy atom. The second-order valence-corrected chi connectivity index (χ2v) is 5.61. The molecule has 0 atom stereocenters. The molecule has 0 saturated carbocycles. The van der Waals surface area contributed by atoms with Crippen molar-refractivity contribution in [3.05, 3.63) is 29.3 Å². The van der Waals surface area contributed by atoms with E-state index in [9.17, 15) is 0 Å². The van der Waals surface area contributed by atoms with Gasteiger partial charge in [-0.2, -0.15) is 15.0 Å². The van der Waals surface area contributed by atoms with E-state index in [1.54, 1.807) is 0 Å². The average Bonchev–Trinajstić information content (AvgIpc) is 2.50. The Morgan fingerprint density at radius 1 is 1.00 bits per heavy atom. The van der Waals surface area contributed by atoms with Gasteiger partial charge in [-0.25, -0.2) is 0 Å². The first kappa shape index (κ1) is 13.8. The van der Waals surface area contributed by atoms with Gasteiger partial charge in [-0.15, -0.1) is 0 Å². The van der Waals surface area contributed by atoms with Crippen LogP contribution in [0.4, 0.5) is 11.9 Å². The number of aromatic nitrogens is 3. The van der Waals surface area contributed by atoms with E-state index in [0.29, 0.717) is 17.7 Å². The van der Waals surface area contributed by atoms with Gasteiger partial charge in [-0.3, -0.25) is 0 Å². The molecule has 110 valence electrons. The normalized spacial score (nSPS) is 15.2. The fraction of sp³-hybridized carbons (Fsp3) is 0.438. The first-order chi connectivity index (χ1) is 10.1. The predicted octanol–water partition coefficient (Wildman–Crippen LogP) is 2.73. The molecule has 0 aliphatic carbocycles. The minimum atomic E-state index is 0.293. The minimum Gasteiger partial charge on any atom is -0.368 e. The molecule has 0 radical (unpaired) electrons. The molecule has 0 unspecified atom stereocenters. The molecule has 1 aliphatic heterocycles. The standard InChI is InChI=1S/C16H21N5/c1-11-7-6-8-13(12(11)2)14-18-15(17)20-16(19-14)21-9-4-3-5-10-21/h6-8H,3-5,9-10H2,1-2H3,(H2,17,18,19,20). The fourth-order valence-electron chi connectivity index (χ4n) is 2.73. The first-order valence-electron chi connectivity index (χ1n) is 7.48. The third kappa shape index (κ3) is 2.82. The quantitative estimate of drug-likeness (QED) is 0.917. The predicted molar refractivity (Wildman–Crippen MR) is 85.2 cm³/mol. The summed E-state index contributed by atoms with van der Waals surface area (Å²) in [6, 6.07) is 6.16. The number of nitrogens with zero attached hydrogens (tertiary/aromatic N) is 4. The van der Waals surface area contributed by atoms with Crippen molar-refractivity contribution in [2.75, 3.05) is 23.7 Å². The Balaban J connectivity index is 2.03. The van der Waals surface area contributed by atoms with Gasteiger partial charge >= 0.3 is 0 Å². The largest absolute Gasteiger partial charge is 0.368 e. The first-order valence-corrected chi connectivity index (χ1v) is 7.48. The van der Waals surface area contributed by atoms with Crippen LogP contribution in [0.15, 0.2) is 18.2 Å². The van der Waals surface area contributed by atoms with Crippen LogP contribution in [0.1, 0.15) is 30.4 Å². The van der Waals surface area contributed by atoms with Gasteiger partial charge in [0.25, 0.3) is 0 Å². The van der Waals surface area contributed by atoms with Crippen molar-refractivity contribution in [3.8, 4) is 11.4 Å². The maximum absolute atomic E-state index is 5.90. The van der Waals surface area contributed by atoms with Gasteiger partial charge in [-0.1, -0.05) is 18.2 Å². The van der Waals surface area contributed by atoms with E-state index in [0.717, 1.165) is 18.7 Å². The Morgan fingerprint density at radius 3 is 2.52 bits per heavy atom. The van der Waals surface area contributed by atoms with Gasteiger partial charge in [-0.05, 0) is 44.2 Å². The smallest absolute Gasteiger partial charge is 0.230 e. The number of aryl methyl sites for hydroxylation is 1. The molecule has 5 nitrogen and oxygen atoms in total. The van der Waals surface area contributed by atoms with Crippen LogP contribution in [0.25, 0.3) is 11.4 Å². The highest BCUT2D eigenvalue weighted by Gasteiger charge is 2.17. The zero-order valence-electron chi connectivity index (χ0n) is 12.6. The van der Waals surface area contributed by atoms with Crippen molar-refractivity contribution in [1.29, 1.82) is 0 Å². The Labute approximate surface area is 125 Å². The summed E-state index contributed by atoms with van der Waals surface area (Å²) in [4.78, 5) is 15.5. The van der Waals surface area contributed by atoms with Crippen LogP contribution >= 0.6 is 0 Å². The van der Waals surface area contributed by atoms with Gasteiger partial charge in [0.2, 0.25) is 11.9 Å². The molecular weight excluding hydrogens is 262 g/mol. The molecule has 0 spiro atoms. The SMILES string of the molecule is Cc1cccc(-c2nc(N)nc(N3CCCCC3)n2)c1C. The second-order valence-electron chi connectivity index (χ2n) is 5.61. The van der Waals surface area contributed by atoms with Crippen molar-refractivity contribution >= 4 is 11.9 Å². The number of nitrogen functional groups attached to an aromatic ring is 1. The molecule has 5 heteroatoms. The number of hydrogen-bond donors (Lipinski definition) is 1. The number of rotatable bonds is 2. The Bertz CT molecular complexity index is 647. The van der Waals surface area contributed by atoms with Crippen LogP contribution in [0.3, 0.4) is 0 Å². The lowest BCUT2D eigenvalue weighted by Gasteiger charge is -2.26. The second kappa shape index (κ2) is 5.68. The third-order valence-electron chi connectivity index (χ3n) is 4.13.